The molecule has 1 heterocycles. The lowest BCUT2D eigenvalue weighted by atomic mass is 10.1. The van der Waals surface area contributed by atoms with Crippen LogP contribution in [0.25, 0.3) is 0 Å². The van der Waals surface area contributed by atoms with E-state index >= 15 is 0 Å². The molecule has 3 nitrogen and oxygen atoms in total. The number of carbonyl (C=O) groups excluding carboxylic acids is 1. The van der Waals surface area contributed by atoms with Crippen molar-refractivity contribution < 1.29 is 18.0 Å². The van der Waals surface area contributed by atoms with Crippen LogP contribution in [0.2, 0.25) is 0 Å². The van der Waals surface area contributed by atoms with Gasteiger partial charge >= 0.3 is 6.18 Å². The third-order valence-corrected chi connectivity index (χ3v) is 3.55. The summed E-state index contributed by atoms with van der Waals surface area (Å²) in [7, 11) is 0. The SMILES string of the molecule is Cc1ccc(NC(=O)c2ccc(C(F)(F)F)cc2)nc1Br. The van der Waals surface area contributed by atoms with E-state index in [1.165, 1.54) is 0 Å². The molecule has 1 N–H and O–H groups in total. The molecular weight excluding hydrogens is 349 g/mol. The highest BCUT2D eigenvalue weighted by molar-refractivity contribution is 9.10. The number of nitrogens with zero attached hydrogens (tertiary/aromatic N) is 1. The number of aryl methyl sites for hydroxylation is 1. The third kappa shape index (κ3) is 3.81. The van der Waals surface area contributed by atoms with Crippen molar-refractivity contribution in [3.63, 3.8) is 0 Å². The van der Waals surface area contributed by atoms with Crippen molar-refractivity contribution in [2.24, 2.45) is 0 Å². The molecule has 0 spiro atoms. The first kappa shape index (κ1) is 15.5. The molecule has 0 bridgehead atoms. The Balaban J connectivity index is 2.15. The van der Waals surface area contributed by atoms with E-state index in [0.29, 0.717) is 10.4 Å². The Bertz CT molecular complexity index is 669. The predicted molar refractivity (Wildman–Crippen MR) is 76.1 cm³/mol. The monoisotopic (exact) mass is 358 g/mol. The van der Waals surface area contributed by atoms with Crippen molar-refractivity contribution in [3.8, 4) is 0 Å². The topological polar surface area (TPSA) is 42.0 Å². The molecule has 0 saturated carbocycles. The average molecular weight is 359 g/mol. The van der Waals surface area contributed by atoms with Gasteiger partial charge in [0.2, 0.25) is 0 Å². The van der Waals surface area contributed by atoms with E-state index < -0.39 is 17.6 Å². The van der Waals surface area contributed by atoms with Gasteiger partial charge in [0.1, 0.15) is 10.4 Å². The number of alkyl halides is 3. The van der Waals surface area contributed by atoms with Crippen LogP contribution in [0.3, 0.4) is 0 Å². The first-order chi connectivity index (χ1) is 9.77. The third-order valence-electron chi connectivity index (χ3n) is 2.75. The first-order valence-electron chi connectivity index (χ1n) is 5.89. The Hall–Kier alpha value is -1.89. The molecule has 2 aromatic rings. The van der Waals surface area contributed by atoms with Gasteiger partial charge in [0.25, 0.3) is 5.91 Å². The molecule has 7 heteroatoms. The Morgan fingerprint density at radius 1 is 1.14 bits per heavy atom. The molecule has 1 amide bonds. The van der Waals surface area contributed by atoms with Crippen molar-refractivity contribution in [2.45, 2.75) is 13.1 Å². The van der Waals surface area contributed by atoms with Crippen LogP contribution in [0.5, 0.6) is 0 Å². The average Bonchev–Trinajstić information content (AvgIpc) is 2.42. The molecule has 0 saturated heterocycles. The standard InChI is InChI=1S/C14H10BrF3N2O/c1-8-2-7-11(19-12(8)15)20-13(21)9-3-5-10(6-4-9)14(16,17)18/h2-7H,1H3,(H,19,20,21). The smallest absolute Gasteiger partial charge is 0.307 e. The number of amides is 1. The number of anilines is 1. The van der Waals surface area contributed by atoms with E-state index in [9.17, 15) is 18.0 Å². The number of rotatable bonds is 2. The fourth-order valence-corrected chi connectivity index (χ4v) is 1.90. The minimum absolute atomic E-state index is 0.126. The zero-order valence-corrected chi connectivity index (χ0v) is 12.4. The van der Waals surface area contributed by atoms with Crippen LogP contribution in [0, 0.1) is 6.92 Å². The molecular formula is C14H10BrF3N2O. The second kappa shape index (κ2) is 5.85. The number of carbonyl (C=O) groups is 1. The maximum Gasteiger partial charge on any atom is 0.416 e. The fraction of sp³-hybridized carbons (Fsp3) is 0.143. The minimum Gasteiger partial charge on any atom is -0.307 e. The quantitative estimate of drug-likeness (QED) is 0.807. The first-order valence-corrected chi connectivity index (χ1v) is 6.68. The Labute approximate surface area is 127 Å². The van der Waals surface area contributed by atoms with Crippen LogP contribution >= 0.6 is 15.9 Å². The Kier molecular flexibility index (Phi) is 4.32. The zero-order chi connectivity index (χ0) is 15.6. The maximum atomic E-state index is 12.4. The molecule has 110 valence electrons. The van der Waals surface area contributed by atoms with Crippen molar-refractivity contribution >= 4 is 27.7 Å². The Morgan fingerprint density at radius 3 is 2.29 bits per heavy atom. The van der Waals surface area contributed by atoms with E-state index in [-0.39, 0.29) is 5.56 Å². The largest absolute Gasteiger partial charge is 0.416 e. The van der Waals surface area contributed by atoms with Crippen LogP contribution in [0.4, 0.5) is 19.0 Å². The number of benzene rings is 1. The highest BCUT2D eigenvalue weighted by Crippen LogP contribution is 2.29. The second-order valence-corrected chi connectivity index (χ2v) is 5.08. The van der Waals surface area contributed by atoms with Gasteiger partial charge in [-0.3, -0.25) is 4.79 Å². The Morgan fingerprint density at radius 2 is 1.76 bits per heavy atom. The van der Waals surface area contributed by atoms with E-state index in [0.717, 1.165) is 29.8 Å². The van der Waals surface area contributed by atoms with Crippen LogP contribution in [0.1, 0.15) is 21.5 Å². The predicted octanol–water partition coefficient (Wildman–Crippen LogP) is 4.42. The van der Waals surface area contributed by atoms with Crippen molar-refractivity contribution in [3.05, 3.63) is 57.7 Å². The molecule has 0 fully saturated rings. The summed E-state index contributed by atoms with van der Waals surface area (Å²) in [4.78, 5) is 16.0. The zero-order valence-electron chi connectivity index (χ0n) is 10.8. The highest BCUT2D eigenvalue weighted by Gasteiger charge is 2.30. The van der Waals surface area contributed by atoms with Crippen LogP contribution in [0.15, 0.2) is 41.0 Å². The summed E-state index contributed by atoms with van der Waals surface area (Å²) in [6, 6.07) is 7.37. The molecule has 0 unspecified atom stereocenters. The van der Waals surface area contributed by atoms with E-state index in [4.69, 9.17) is 0 Å². The van der Waals surface area contributed by atoms with Gasteiger partial charge in [-0.15, -0.1) is 0 Å². The lowest BCUT2D eigenvalue weighted by Gasteiger charge is -2.08. The number of halogens is 4. The summed E-state index contributed by atoms with van der Waals surface area (Å²) < 4.78 is 37.9. The molecule has 0 aliphatic heterocycles. The van der Waals surface area contributed by atoms with Gasteiger partial charge in [0.05, 0.1) is 5.56 Å². The fourth-order valence-electron chi connectivity index (χ4n) is 1.57. The highest BCUT2D eigenvalue weighted by atomic mass is 79.9. The van der Waals surface area contributed by atoms with Crippen LogP contribution in [-0.2, 0) is 6.18 Å². The van der Waals surface area contributed by atoms with Gasteiger partial charge in [0.15, 0.2) is 0 Å². The molecule has 1 aromatic carbocycles. The summed E-state index contributed by atoms with van der Waals surface area (Å²) in [5, 5.41) is 2.52. The van der Waals surface area contributed by atoms with Crippen LogP contribution in [-0.4, -0.2) is 10.9 Å². The van der Waals surface area contributed by atoms with Gasteiger partial charge in [0, 0.05) is 5.56 Å². The molecule has 21 heavy (non-hydrogen) atoms. The van der Waals surface area contributed by atoms with Gasteiger partial charge < -0.3 is 5.32 Å². The molecule has 0 aliphatic carbocycles. The van der Waals surface area contributed by atoms with Gasteiger partial charge in [-0.2, -0.15) is 13.2 Å². The number of pyridine rings is 1. The van der Waals surface area contributed by atoms with Gasteiger partial charge in [-0.05, 0) is 58.7 Å². The number of hydrogen-bond acceptors (Lipinski definition) is 2. The lowest BCUT2D eigenvalue weighted by Crippen LogP contribution is -2.14. The molecule has 2 rings (SSSR count). The van der Waals surface area contributed by atoms with Crippen LogP contribution < -0.4 is 5.32 Å². The van der Waals surface area contributed by atoms with E-state index in [1.54, 1.807) is 12.1 Å². The maximum absolute atomic E-state index is 12.4. The summed E-state index contributed by atoms with van der Waals surface area (Å²) in [5.41, 5.74) is 0.235. The summed E-state index contributed by atoms with van der Waals surface area (Å²) in [6.45, 7) is 1.85. The normalized spacial score (nSPS) is 11.3. The summed E-state index contributed by atoms with van der Waals surface area (Å²) in [6.07, 6.45) is -4.42. The van der Waals surface area contributed by atoms with Gasteiger partial charge in [-0.1, -0.05) is 6.07 Å². The molecule has 0 atom stereocenters. The minimum atomic E-state index is -4.42. The summed E-state index contributed by atoms with van der Waals surface area (Å²) >= 11 is 3.24. The molecule has 0 aliphatic rings. The van der Waals surface area contributed by atoms with Gasteiger partial charge in [-0.25, -0.2) is 4.98 Å². The lowest BCUT2D eigenvalue weighted by molar-refractivity contribution is -0.137. The van der Waals surface area contributed by atoms with Crippen molar-refractivity contribution in [1.29, 1.82) is 0 Å². The number of nitrogens with one attached hydrogen (secondary N) is 1. The van der Waals surface area contributed by atoms with E-state index in [2.05, 4.69) is 26.2 Å². The second-order valence-electron chi connectivity index (χ2n) is 4.33. The number of hydrogen-bond donors (Lipinski definition) is 1. The molecule has 0 radical (unpaired) electrons. The van der Waals surface area contributed by atoms with Crippen molar-refractivity contribution in [2.75, 3.05) is 5.32 Å². The number of aromatic nitrogens is 1. The summed E-state index contributed by atoms with van der Waals surface area (Å²) in [5.74, 6) is -0.204. The molecule has 1 aromatic heterocycles. The van der Waals surface area contributed by atoms with E-state index in [1.807, 2.05) is 6.92 Å². The van der Waals surface area contributed by atoms with Crippen molar-refractivity contribution in [1.82, 2.24) is 4.98 Å².